The molecule has 0 aliphatic heterocycles. The number of benzene rings is 2. The summed E-state index contributed by atoms with van der Waals surface area (Å²) >= 11 is 0. The van der Waals surface area contributed by atoms with Gasteiger partial charge < -0.3 is 9.63 Å². The van der Waals surface area contributed by atoms with Crippen molar-refractivity contribution < 1.29 is 14.4 Å². The monoisotopic (exact) mass is 293 g/mol. The molecule has 22 heavy (non-hydrogen) atoms. The number of carboxylic acid groups (broad SMARTS) is 1. The lowest BCUT2D eigenvalue weighted by molar-refractivity contribution is -0.136. The first-order valence-corrected chi connectivity index (χ1v) is 7.06. The van der Waals surface area contributed by atoms with Gasteiger partial charge in [0.05, 0.1) is 0 Å². The number of aromatic nitrogens is 1. The molecule has 3 rings (SSSR count). The second-order valence-corrected chi connectivity index (χ2v) is 4.99. The van der Waals surface area contributed by atoms with E-state index in [0.717, 1.165) is 22.4 Å². The van der Waals surface area contributed by atoms with E-state index in [1.165, 1.54) is 0 Å². The van der Waals surface area contributed by atoms with Crippen molar-refractivity contribution in [2.24, 2.45) is 0 Å². The van der Waals surface area contributed by atoms with E-state index < -0.39 is 5.97 Å². The maximum Gasteiger partial charge on any atom is 0.303 e. The van der Waals surface area contributed by atoms with E-state index in [2.05, 4.69) is 5.16 Å². The molecule has 1 N–H and O–H groups in total. The van der Waals surface area contributed by atoms with Gasteiger partial charge in [0, 0.05) is 23.6 Å². The molecule has 0 unspecified atom stereocenters. The average Bonchev–Trinajstić information content (AvgIpc) is 3.04. The maximum absolute atomic E-state index is 10.8. The number of aryl methyl sites for hydroxylation is 1. The van der Waals surface area contributed by atoms with Crippen molar-refractivity contribution in [1.29, 1.82) is 0 Å². The number of hydrogen-bond donors (Lipinski definition) is 1. The molecule has 0 aliphatic carbocycles. The van der Waals surface area contributed by atoms with Gasteiger partial charge in [0.1, 0.15) is 5.69 Å². The largest absolute Gasteiger partial charge is 0.481 e. The molecule has 4 nitrogen and oxygen atoms in total. The summed E-state index contributed by atoms with van der Waals surface area (Å²) in [5.41, 5.74) is 3.55. The van der Waals surface area contributed by atoms with E-state index >= 15 is 0 Å². The molecule has 3 aromatic rings. The van der Waals surface area contributed by atoms with Gasteiger partial charge in [0.15, 0.2) is 5.76 Å². The van der Waals surface area contributed by atoms with Crippen molar-refractivity contribution in [2.75, 3.05) is 0 Å². The van der Waals surface area contributed by atoms with Gasteiger partial charge in [-0.25, -0.2) is 0 Å². The van der Waals surface area contributed by atoms with Crippen LogP contribution in [0.1, 0.15) is 12.0 Å². The van der Waals surface area contributed by atoms with Crippen LogP contribution in [0.4, 0.5) is 0 Å². The summed E-state index contributed by atoms with van der Waals surface area (Å²) in [6.45, 7) is 0. The number of nitrogens with zero attached hydrogens (tertiary/aromatic N) is 1. The van der Waals surface area contributed by atoms with Gasteiger partial charge in [0.2, 0.25) is 0 Å². The minimum Gasteiger partial charge on any atom is -0.481 e. The van der Waals surface area contributed by atoms with Crippen molar-refractivity contribution in [3.63, 3.8) is 0 Å². The molecule has 1 aromatic heterocycles. The number of aliphatic carboxylic acids is 1. The fourth-order valence-electron chi connectivity index (χ4n) is 2.37. The molecule has 0 amide bonds. The van der Waals surface area contributed by atoms with Gasteiger partial charge in [-0.2, -0.15) is 0 Å². The lowest BCUT2D eigenvalue weighted by atomic mass is 10.00. The Morgan fingerprint density at radius 3 is 2.55 bits per heavy atom. The molecule has 0 fully saturated rings. The second kappa shape index (κ2) is 6.26. The summed E-state index contributed by atoms with van der Waals surface area (Å²) < 4.78 is 5.42. The molecule has 1 heterocycles. The van der Waals surface area contributed by atoms with Crippen molar-refractivity contribution in [2.45, 2.75) is 12.8 Å². The lowest BCUT2D eigenvalue weighted by Crippen LogP contribution is -1.98. The highest BCUT2D eigenvalue weighted by Crippen LogP contribution is 2.28. The average molecular weight is 293 g/mol. The number of carboxylic acids is 1. The Balaban J connectivity index is 1.92. The minimum absolute atomic E-state index is 0.0976. The summed E-state index contributed by atoms with van der Waals surface area (Å²) in [5.74, 6) is -0.108. The van der Waals surface area contributed by atoms with E-state index in [1.54, 1.807) is 0 Å². The Hall–Kier alpha value is -2.88. The summed E-state index contributed by atoms with van der Waals surface area (Å²) in [6.07, 6.45) is 0.569. The van der Waals surface area contributed by atoms with Crippen LogP contribution in [0, 0.1) is 0 Å². The van der Waals surface area contributed by atoms with Crippen LogP contribution < -0.4 is 0 Å². The summed E-state index contributed by atoms with van der Waals surface area (Å²) in [4.78, 5) is 10.8. The van der Waals surface area contributed by atoms with Crippen molar-refractivity contribution in [3.8, 4) is 22.6 Å². The van der Waals surface area contributed by atoms with Gasteiger partial charge in [-0.15, -0.1) is 0 Å². The molecule has 0 spiro atoms. The summed E-state index contributed by atoms with van der Waals surface area (Å²) in [6, 6.07) is 19.3. The zero-order valence-corrected chi connectivity index (χ0v) is 11.9. The predicted octanol–water partition coefficient (Wildman–Crippen LogP) is 4.03. The topological polar surface area (TPSA) is 63.3 Å². The van der Waals surface area contributed by atoms with Crippen molar-refractivity contribution >= 4 is 5.97 Å². The van der Waals surface area contributed by atoms with Crippen LogP contribution in [0.2, 0.25) is 0 Å². The maximum atomic E-state index is 10.8. The number of hydrogen-bond acceptors (Lipinski definition) is 3. The highest BCUT2D eigenvalue weighted by molar-refractivity contribution is 5.71. The quantitative estimate of drug-likeness (QED) is 0.771. The summed E-state index contributed by atoms with van der Waals surface area (Å²) in [5, 5.41) is 13.0. The Morgan fingerprint density at radius 1 is 1.05 bits per heavy atom. The summed E-state index contributed by atoms with van der Waals surface area (Å²) in [7, 11) is 0. The van der Waals surface area contributed by atoms with Crippen LogP contribution in [0.3, 0.4) is 0 Å². The van der Waals surface area contributed by atoms with E-state index in [-0.39, 0.29) is 6.42 Å². The fraction of sp³-hybridized carbons (Fsp3) is 0.111. The molecule has 0 saturated carbocycles. The van der Waals surface area contributed by atoms with Crippen LogP contribution in [-0.4, -0.2) is 16.2 Å². The molecule has 2 aromatic carbocycles. The van der Waals surface area contributed by atoms with Crippen LogP contribution >= 0.6 is 0 Å². The van der Waals surface area contributed by atoms with Crippen molar-refractivity contribution in [1.82, 2.24) is 5.16 Å². The standard InChI is InChI=1S/C18H15NO3/c20-18(21)11-10-13-6-4-5-9-15(13)16-12-17(22-19-16)14-7-2-1-3-8-14/h1-9,12H,10-11H2,(H,20,21). The highest BCUT2D eigenvalue weighted by Gasteiger charge is 2.12. The molecule has 0 saturated heterocycles. The van der Waals surface area contributed by atoms with Crippen molar-refractivity contribution in [3.05, 3.63) is 66.2 Å². The first-order valence-electron chi connectivity index (χ1n) is 7.06. The van der Waals surface area contributed by atoms with Gasteiger partial charge in [-0.3, -0.25) is 4.79 Å². The Bertz CT molecular complexity index is 778. The zero-order chi connectivity index (χ0) is 15.4. The highest BCUT2D eigenvalue weighted by atomic mass is 16.5. The molecule has 110 valence electrons. The van der Waals surface area contributed by atoms with Crippen LogP contribution in [0.15, 0.2) is 65.2 Å². The normalized spacial score (nSPS) is 10.5. The molecule has 4 heteroatoms. The van der Waals surface area contributed by atoms with E-state index in [4.69, 9.17) is 9.63 Å². The second-order valence-electron chi connectivity index (χ2n) is 4.99. The molecule has 0 bridgehead atoms. The smallest absolute Gasteiger partial charge is 0.303 e. The van der Waals surface area contributed by atoms with E-state index in [0.29, 0.717) is 12.2 Å². The zero-order valence-electron chi connectivity index (χ0n) is 11.9. The first kappa shape index (κ1) is 14.1. The van der Waals surface area contributed by atoms with Crippen LogP contribution in [0.5, 0.6) is 0 Å². The molecule has 0 atom stereocenters. The molecule has 0 aliphatic rings. The Morgan fingerprint density at radius 2 is 1.77 bits per heavy atom. The first-order chi connectivity index (χ1) is 10.7. The Kier molecular flexibility index (Phi) is 4.01. The minimum atomic E-state index is -0.806. The van der Waals surface area contributed by atoms with Crippen LogP contribution in [-0.2, 0) is 11.2 Å². The Labute approximate surface area is 128 Å². The van der Waals surface area contributed by atoms with Gasteiger partial charge in [-0.05, 0) is 12.0 Å². The van der Waals surface area contributed by atoms with E-state index in [1.807, 2.05) is 60.7 Å². The third kappa shape index (κ3) is 3.06. The molecular weight excluding hydrogens is 278 g/mol. The predicted molar refractivity (Wildman–Crippen MR) is 83.3 cm³/mol. The van der Waals surface area contributed by atoms with Gasteiger partial charge >= 0.3 is 5.97 Å². The fourth-order valence-corrected chi connectivity index (χ4v) is 2.37. The third-order valence-corrected chi connectivity index (χ3v) is 3.47. The lowest BCUT2D eigenvalue weighted by Gasteiger charge is -2.04. The van der Waals surface area contributed by atoms with Gasteiger partial charge in [-0.1, -0.05) is 59.8 Å². The number of rotatable bonds is 5. The number of carbonyl (C=O) groups is 1. The molecular formula is C18H15NO3. The van der Waals surface area contributed by atoms with Gasteiger partial charge in [0.25, 0.3) is 0 Å². The van der Waals surface area contributed by atoms with E-state index in [9.17, 15) is 4.79 Å². The molecule has 0 radical (unpaired) electrons. The SMILES string of the molecule is O=C(O)CCc1ccccc1-c1cc(-c2ccccc2)on1. The third-order valence-electron chi connectivity index (χ3n) is 3.47. The van der Waals surface area contributed by atoms with Crippen LogP contribution in [0.25, 0.3) is 22.6 Å².